The molecule has 0 aliphatic carbocycles. The third-order valence-corrected chi connectivity index (χ3v) is 5.32. The molecule has 0 bridgehead atoms. The maximum Gasteiger partial charge on any atom is 0.333 e. The highest BCUT2D eigenvalue weighted by Gasteiger charge is 2.51. The van der Waals surface area contributed by atoms with Gasteiger partial charge < -0.3 is 10.5 Å². The van der Waals surface area contributed by atoms with Crippen molar-refractivity contribution < 1.29 is 22.3 Å². The molecule has 0 spiro atoms. The van der Waals surface area contributed by atoms with Gasteiger partial charge >= 0.3 is 6.55 Å². The van der Waals surface area contributed by atoms with Gasteiger partial charge in [0.2, 0.25) is 0 Å². The molecule has 0 amide bonds. The van der Waals surface area contributed by atoms with E-state index in [-0.39, 0.29) is 29.6 Å². The highest BCUT2D eigenvalue weighted by molar-refractivity contribution is 6.31. The van der Waals surface area contributed by atoms with Crippen molar-refractivity contribution in [3.63, 3.8) is 0 Å². The number of aromatic nitrogens is 2. The fourth-order valence-corrected chi connectivity index (χ4v) is 3.33. The van der Waals surface area contributed by atoms with E-state index in [1.807, 2.05) is 0 Å². The van der Waals surface area contributed by atoms with Gasteiger partial charge in [-0.3, -0.25) is 0 Å². The number of aliphatic imine (C=N–C) groups is 1. The van der Waals surface area contributed by atoms with Gasteiger partial charge in [-0.15, -0.1) is 0 Å². The molecule has 1 aromatic carbocycles. The van der Waals surface area contributed by atoms with Crippen molar-refractivity contribution in [2.75, 3.05) is 6.61 Å². The summed E-state index contributed by atoms with van der Waals surface area (Å²) in [4.78, 5) is 4.03. The minimum absolute atomic E-state index is 0.0328. The van der Waals surface area contributed by atoms with Crippen LogP contribution in [0.2, 0.25) is 5.02 Å². The monoisotopic (exact) mass is 418 g/mol. The third kappa shape index (κ3) is 3.67. The predicted octanol–water partition coefficient (Wildman–Crippen LogP) is 4.14. The van der Waals surface area contributed by atoms with Gasteiger partial charge in [0.1, 0.15) is 18.0 Å². The van der Waals surface area contributed by atoms with E-state index in [9.17, 15) is 13.2 Å². The number of hydrogen-bond acceptors (Lipinski definition) is 4. The van der Waals surface area contributed by atoms with E-state index < -0.39 is 23.6 Å². The first-order valence-corrected chi connectivity index (χ1v) is 8.89. The van der Waals surface area contributed by atoms with Gasteiger partial charge in [-0.2, -0.15) is 13.9 Å². The zero-order chi connectivity index (χ0) is 20.7. The molecule has 5 nitrogen and oxygen atoms in total. The predicted molar refractivity (Wildman–Crippen MR) is 96.7 cm³/mol. The number of nitrogens with two attached hydrogens (primary N) is 1. The highest BCUT2D eigenvalue weighted by atomic mass is 35.5. The van der Waals surface area contributed by atoms with Gasteiger partial charge in [-0.25, -0.2) is 18.5 Å². The first-order valence-electron chi connectivity index (χ1n) is 8.51. The summed E-state index contributed by atoms with van der Waals surface area (Å²) in [7, 11) is 0. The molecule has 0 radical (unpaired) electrons. The normalized spacial score (nSPS) is 24.9. The molecular weight excluding hydrogens is 400 g/mol. The van der Waals surface area contributed by atoms with Crippen LogP contribution in [0.4, 0.5) is 17.6 Å². The van der Waals surface area contributed by atoms with E-state index >= 15 is 4.39 Å². The summed E-state index contributed by atoms with van der Waals surface area (Å²) in [5.74, 6) is -0.631. The molecule has 2 atom stereocenters. The van der Waals surface area contributed by atoms with Crippen LogP contribution in [0.3, 0.4) is 0 Å². The number of rotatable bonds is 5. The van der Waals surface area contributed by atoms with Crippen molar-refractivity contribution in [3.8, 4) is 0 Å². The van der Waals surface area contributed by atoms with Crippen LogP contribution >= 0.6 is 11.6 Å². The summed E-state index contributed by atoms with van der Waals surface area (Å²) in [6.45, 7) is -0.427. The summed E-state index contributed by atoms with van der Waals surface area (Å²) >= 11 is 5.94. The third-order valence-electron chi connectivity index (χ3n) is 5.00. The van der Waals surface area contributed by atoms with Gasteiger partial charge in [-0.1, -0.05) is 23.7 Å². The molecule has 0 unspecified atom stereocenters. The molecule has 1 aliphatic heterocycles. The van der Waals surface area contributed by atoms with E-state index in [0.29, 0.717) is 22.4 Å². The number of benzene rings is 1. The van der Waals surface area contributed by atoms with E-state index in [4.69, 9.17) is 22.1 Å². The number of hydrogen-bond donors (Lipinski definition) is 1. The van der Waals surface area contributed by atoms with Crippen LogP contribution < -0.4 is 5.73 Å². The number of nitrogens with zero attached hydrogens (tertiary/aromatic N) is 3. The molecule has 1 aliphatic rings. The molecule has 2 N–H and O–H groups in total. The Bertz CT molecular complexity index is 915. The lowest BCUT2D eigenvalue weighted by Gasteiger charge is -2.40. The Morgan fingerprint density at radius 1 is 1.32 bits per heavy atom. The number of halogens is 5. The van der Waals surface area contributed by atoms with Crippen LogP contribution in [0.15, 0.2) is 29.4 Å². The fourth-order valence-electron chi connectivity index (χ4n) is 3.10. The van der Waals surface area contributed by atoms with Crippen molar-refractivity contribution in [1.29, 1.82) is 0 Å². The van der Waals surface area contributed by atoms with Gasteiger partial charge in [0.25, 0.3) is 6.02 Å². The second kappa shape index (κ2) is 7.27. The average molecular weight is 419 g/mol. The summed E-state index contributed by atoms with van der Waals surface area (Å²) in [5.41, 5.74) is 2.99. The zero-order valence-corrected chi connectivity index (χ0v) is 16.0. The molecule has 0 fully saturated rings. The number of ether oxygens (including phenoxy) is 1. The zero-order valence-electron chi connectivity index (χ0n) is 15.2. The molecule has 1 aromatic heterocycles. The van der Waals surface area contributed by atoms with Crippen LogP contribution in [0.1, 0.15) is 37.2 Å². The Labute approximate surface area is 164 Å². The van der Waals surface area contributed by atoms with Gasteiger partial charge in [0, 0.05) is 11.8 Å². The molecule has 28 heavy (non-hydrogen) atoms. The van der Waals surface area contributed by atoms with Crippen LogP contribution in [0, 0.1) is 5.82 Å². The van der Waals surface area contributed by atoms with E-state index in [1.54, 1.807) is 0 Å². The molecule has 2 aromatic rings. The lowest BCUT2D eigenvalue weighted by atomic mass is 9.77. The van der Waals surface area contributed by atoms with E-state index in [1.165, 1.54) is 32.0 Å². The first kappa shape index (κ1) is 20.4. The Balaban J connectivity index is 1.89. The Kier molecular flexibility index (Phi) is 5.31. The van der Waals surface area contributed by atoms with Gasteiger partial charge in [-0.05, 0) is 38.3 Å². The molecule has 0 saturated heterocycles. The highest BCUT2D eigenvalue weighted by Crippen LogP contribution is 2.43. The molecule has 2 heterocycles. The number of alkyl halides is 3. The lowest BCUT2D eigenvalue weighted by molar-refractivity contribution is 0.00398. The quantitative estimate of drug-likeness (QED) is 0.742. The maximum atomic E-state index is 15.1. The first-order chi connectivity index (χ1) is 13.0. The van der Waals surface area contributed by atoms with Crippen LogP contribution in [0.5, 0.6) is 0 Å². The van der Waals surface area contributed by atoms with Crippen LogP contribution in [-0.4, -0.2) is 28.1 Å². The Morgan fingerprint density at radius 3 is 2.68 bits per heavy atom. The van der Waals surface area contributed by atoms with Crippen molar-refractivity contribution in [1.82, 2.24) is 9.78 Å². The fraction of sp³-hybridized carbons (Fsp3) is 0.444. The van der Waals surface area contributed by atoms with Crippen molar-refractivity contribution in [2.24, 2.45) is 10.7 Å². The van der Waals surface area contributed by atoms with E-state index in [0.717, 1.165) is 6.20 Å². The Hall–Kier alpha value is -2.29. The van der Waals surface area contributed by atoms with Gasteiger partial charge in [0.05, 0.1) is 10.7 Å². The van der Waals surface area contributed by atoms with Gasteiger partial charge in [0.15, 0.2) is 5.67 Å². The number of aryl methyl sites for hydroxylation is 2. The van der Waals surface area contributed by atoms with Crippen molar-refractivity contribution in [2.45, 2.75) is 44.4 Å². The molecule has 3 rings (SSSR count). The second-order valence-electron chi connectivity index (χ2n) is 7.00. The van der Waals surface area contributed by atoms with Crippen molar-refractivity contribution in [3.05, 3.63) is 52.1 Å². The number of amidine groups is 1. The smallest absolute Gasteiger partial charge is 0.333 e. The lowest BCUT2D eigenvalue weighted by Crippen LogP contribution is -2.52. The molecular formula is C18H19ClF4N4O. The van der Waals surface area contributed by atoms with Crippen LogP contribution in [0.25, 0.3) is 0 Å². The summed E-state index contributed by atoms with van der Waals surface area (Å²) in [5, 5.41) is 3.86. The minimum Gasteiger partial charge on any atom is -0.462 e. The summed E-state index contributed by atoms with van der Waals surface area (Å²) < 4.78 is 60.5. The molecule has 10 heteroatoms. The largest absolute Gasteiger partial charge is 0.462 e. The minimum atomic E-state index is -2.79. The standard InChI is InChI=1S/C18H19ClF4N4O/c1-17(23)9-28-16(24)25-18(17,2)11-7-10(3-5-13(11)20)4-6-14-12(19)8-27(26-14)15(21)22/h3,5,7-8,15H,4,6,9H2,1-2H3,(H2,24,25)/t17-,18+/m0/s1. The average Bonchev–Trinajstić information content (AvgIpc) is 2.99. The van der Waals surface area contributed by atoms with E-state index in [2.05, 4.69) is 10.1 Å². The topological polar surface area (TPSA) is 65.4 Å². The summed E-state index contributed by atoms with van der Waals surface area (Å²) in [6.07, 6.45) is 1.64. The Morgan fingerprint density at radius 2 is 2.04 bits per heavy atom. The van der Waals surface area contributed by atoms with Crippen LogP contribution in [-0.2, 0) is 23.1 Å². The molecule has 152 valence electrons. The summed E-state index contributed by atoms with van der Waals surface area (Å²) in [6, 6.07) is 4.02. The second-order valence-corrected chi connectivity index (χ2v) is 7.41. The SMILES string of the molecule is C[C@]1(F)COC(N)=N[C@]1(C)c1cc(CCc2nn(C(F)F)cc2Cl)ccc1F. The van der Waals surface area contributed by atoms with Crippen molar-refractivity contribution >= 4 is 17.6 Å². The maximum absolute atomic E-state index is 15.1. The molecule has 0 saturated carbocycles.